The Balaban J connectivity index is 4.72. The third kappa shape index (κ3) is 13.1. The predicted octanol–water partition coefficient (Wildman–Crippen LogP) is 7.81. The van der Waals surface area contributed by atoms with Gasteiger partial charge in [0.1, 0.15) is 5.60 Å². The third-order valence-corrected chi connectivity index (χ3v) is 6.72. The van der Waals surface area contributed by atoms with Crippen LogP contribution in [0, 0.1) is 0 Å². The molecule has 0 heterocycles. The van der Waals surface area contributed by atoms with Crippen LogP contribution in [0.1, 0.15) is 156 Å². The van der Waals surface area contributed by atoms with Gasteiger partial charge in [0, 0.05) is 0 Å². The molecular formula is C27H53O3. The fourth-order valence-corrected chi connectivity index (χ4v) is 4.47. The predicted molar refractivity (Wildman–Crippen MR) is 130 cm³/mol. The highest BCUT2D eigenvalue weighted by molar-refractivity contribution is 5.65. The van der Waals surface area contributed by atoms with Crippen LogP contribution in [0.15, 0.2) is 0 Å². The second kappa shape index (κ2) is 19.3. The van der Waals surface area contributed by atoms with Gasteiger partial charge in [0.15, 0.2) is 5.60 Å². The lowest BCUT2D eigenvalue weighted by molar-refractivity contribution is -0.127. The minimum Gasteiger partial charge on any atom is -0.386 e. The number of rotatable bonds is 23. The Kier molecular flexibility index (Phi) is 19.0. The molecule has 0 rings (SSSR count). The molecule has 30 heavy (non-hydrogen) atoms. The minimum atomic E-state index is -1.72. The molecule has 3 nitrogen and oxygen atoms in total. The van der Waals surface area contributed by atoms with Crippen molar-refractivity contribution in [3.8, 4) is 0 Å². The Morgan fingerprint density at radius 3 is 1.13 bits per heavy atom. The fourth-order valence-electron chi connectivity index (χ4n) is 4.47. The largest absolute Gasteiger partial charge is 0.386 e. The Labute approximate surface area is 188 Å². The Morgan fingerprint density at radius 2 is 0.800 bits per heavy atom. The van der Waals surface area contributed by atoms with Crippen molar-refractivity contribution in [1.82, 2.24) is 0 Å². The highest BCUT2D eigenvalue weighted by Crippen LogP contribution is 2.36. The number of hydrogen-bond acceptors (Lipinski definition) is 3. The zero-order valence-corrected chi connectivity index (χ0v) is 20.7. The van der Waals surface area contributed by atoms with Gasteiger partial charge in [-0.15, -0.1) is 0 Å². The first-order valence-corrected chi connectivity index (χ1v) is 13.3. The molecule has 0 aliphatic heterocycles. The fraction of sp³-hybridized carbons (Fsp3) is 0.963. The van der Waals surface area contributed by atoms with Crippen LogP contribution in [-0.4, -0.2) is 27.7 Å². The van der Waals surface area contributed by atoms with E-state index < -0.39 is 11.2 Å². The van der Waals surface area contributed by atoms with Gasteiger partial charge in [0.2, 0.25) is 6.29 Å². The van der Waals surface area contributed by atoms with Crippen molar-refractivity contribution in [3.63, 3.8) is 0 Å². The van der Waals surface area contributed by atoms with Crippen LogP contribution in [0.3, 0.4) is 0 Å². The number of carbonyl (C=O) groups excluding carboxylic acids is 1. The third-order valence-electron chi connectivity index (χ3n) is 6.72. The molecule has 1 radical (unpaired) electrons. The zero-order valence-electron chi connectivity index (χ0n) is 20.7. The van der Waals surface area contributed by atoms with Crippen molar-refractivity contribution in [1.29, 1.82) is 0 Å². The van der Waals surface area contributed by atoms with Gasteiger partial charge < -0.3 is 10.2 Å². The molecular weight excluding hydrogens is 372 g/mol. The van der Waals surface area contributed by atoms with Crippen LogP contribution >= 0.6 is 0 Å². The highest BCUT2D eigenvalue weighted by atomic mass is 16.4. The minimum absolute atomic E-state index is 0.338. The standard InChI is InChI=1S/C27H53O3/c1-4-7-10-13-16-19-22-26(29,23-20-17-14-11-8-5-2)27(30,25-28)24-21-18-15-12-9-6-3/h29-30H,4-24H2,1-3H3. The molecule has 1 unspecified atom stereocenters. The molecule has 0 spiro atoms. The van der Waals surface area contributed by atoms with Crippen LogP contribution in [0.2, 0.25) is 0 Å². The number of hydrogen-bond donors (Lipinski definition) is 2. The van der Waals surface area contributed by atoms with Crippen molar-refractivity contribution < 1.29 is 15.0 Å². The first-order chi connectivity index (χ1) is 14.5. The highest BCUT2D eigenvalue weighted by Gasteiger charge is 2.48. The second-order valence-electron chi connectivity index (χ2n) is 9.55. The van der Waals surface area contributed by atoms with Gasteiger partial charge in [-0.05, 0) is 25.7 Å². The molecule has 0 aliphatic rings. The van der Waals surface area contributed by atoms with E-state index in [0.29, 0.717) is 19.3 Å². The average molecular weight is 426 g/mol. The molecule has 1 atom stereocenters. The summed E-state index contributed by atoms with van der Waals surface area (Å²) in [6.07, 6.45) is 23.5. The van der Waals surface area contributed by atoms with Crippen LogP contribution in [0.5, 0.6) is 0 Å². The summed E-state index contributed by atoms with van der Waals surface area (Å²) in [6.45, 7) is 6.62. The van der Waals surface area contributed by atoms with E-state index in [1.807, 2.05) is 6.29 Å². The average Bonchev–Trinajstić information content (AvgIpc) is 2.75. The van der Waals surface area contributed by atoms with Crippen LogP contribution < -0.4 is 0 Å². The Bertz CT molecular complexity index is 366. The van der Waals surface area contributed by atoms with E-state index in [0.717, 1.165) is 44.9 Å². The summed E-state index contributed by atoms with van der Waals surface area (Å²) in [5, 5.41) is 22.6. The van der Waals surface area contributed by atoms with E-state index in [-0.39, 0.29) is 0 Å². The lowest BCUT2D eigenvalue weighted by Crippen LogP contribution is -2.55. The van der Waals surface area contributed by atoms with E-state index in [4.69, 9.17) is 0 Å². The van der Waals surface area contributed by atoms with E-state index in [1.54, 1.807) is 0 Å². The lowest BCUT2D eigenvalue weighted by atomic mass is 9.73. The van der Waals surface area contributed by atoms with E-state index >= 15 is 0 Å². The van der Waals surface area contributed by atoms with Crippen molar-refractivity contribution in [2.45, 2.75) is 167 Å². The van der Waals surface area contributed by atoms with Crippen LogP contribution in [0.4, 0.5) is 0 Å². The summed E-state index contributed by atoms with van der Waals surface area (Å²) in [6, 6.07) is 0. The topological polar surface area (TPSA) is 57.5 Å². The first kappa shape index (κ1) is 29.6. The maximum absolute atomic E-state index is 11.9. The van der Waals surface area contributed by atoms with E-state index in [2.05, 4.69) is 20.8 Å². The summed E-state index contributed by atoms with van der Waals surface area (Å²) >= 11 is 0. The van der Waals surface area contributed by atoms with Crippen LogP contribution in [-0.2, 0) is 4.79 Å². The van der Waals surface area contributed by atoms with Gasteiger partial charge in [0.25, 0.3) is 0 Å². The number of unbranched alkanes of at least 4 members (excludes halogenated alkanes) is 15. The van der Waals surface area contributed by atoms with Gasteiger partial charge in [-0.3, -0.25) is 4.79 Å². The number of aliphatic hydroxyl groups is 2. The summed E-state index contributed by atoms with van der Waals surface area (Å²) in [5.74, 6) is 0. The van der Waals surface area contributed by atoms with Gasteiger partial charge in [-0.25, -0.2) is 0 Å². The monoisotopic (exact) mass is 425 g/mol. The maximum Gasteiger partial charge on any atom is 0.235 e. The second-order valence-corrected chi connectivity index (χ2v) is 9.55. The van der Waals surface area contributed by atoms with Gasteiger partial charge >= 0.3 is 0 Å². The molecule has 2 N–H and O–H groups in total. The summed E-state index contributed by atoms with van der Waals surface area (Å²) < 4.78 is 0. The smallest absolute Gasteiger partial charge is 0.235 e. The molecule has 0 aliphatic carbocycles. The maximum atomic E-state index is 11.9. The molecule has 0 fully saturated rings. The molecule has 179 valence electrons. The Hall–Kier alpha value is -0.410. The van der Waals surface area contributed by atoms with Crippen molar-refractivity contribution in [2.24, 2.45) is 0 Å². The molecule has 0 saturated carbocycles. The summed E-state index contributed by atoms with van der Waals surface area (Å²) in [5.41, 5.74) is -3.04. The van der Waals surface area contributed by atoms with Crippen molar-refractivity contribution >= 4 is 6.29 Å². The molecule has 0 saturated heterocycles. The zero-order chi connectivity index (χ0) is 22.6. The molecule has 0 aromatic carbocycles. The Morgan fingerprint density at radius 1 is 0.500 bits per heavy atom. The normalized spacial score (nSPS) is 14.0. The summed E-state index contributed by atoms with van der Waals surface area (Å²) in [7, 11) is 0. The van der Waals surface area contributed by atoms with Gasteiger partial charge in [0.05, 0.1) is 0 Å². The van der Waals surface area contributed by atoms with Crippen molar-refractivity contribution in [3.05, 3.63) is 0 Å². The van der Waals surface area contributed by atoms with Crippen LogP contribution in [0.25, 0.3) is 0 Å². The molecule has 0 amide bonds. The van der Waals surface area contributed by atoms with E-state index in [1.165, 1.54) is 70.6 Å². The lowest BCUT2D eigenvalue weighted by Gasteiger charge is -2.40. The van der Waals surface area contributed by atoms with Crippen molar-refractivity contribution in [2.75, 3.05) is 0 Å². The van der Waals surface area contributed by atoms with Gasteiger partial charge in [-0.1, -0.05) is 130 Å². The summed E-state index contributed by atoms with van der Waals surface area (Å²) in [4.78, 5) is 11.9. The quantitative estimate of drug-likeness (QED) is 0.164. The first-order valence-electron chi connectivity index (χ1n) is 13.3. The SMILES string of the molecule is CCCCCCCCC(O)([C]=O)C(O)(CCCCCCCC)CCCCCCCC. The molecule has 0 bridgehead atoms. The molecule has 3 heteroatoms. The van der Waals surface area contributed by atoms with E-state index in [9.17, 15) is 15.0 Å². The van der Waals surface area contributed by atoms with Gasteiger partial charge in [-0.2, -0.15) is 0 Å². The molecule has 0 aromatic rings. The molecule has 0 aromatic heterocycles.